The molecule has 3 aliphatic heterocycles. The average Bonchev–Trinajstić information content (AvgIpc) is 3.05. The fourth-order valence-corrected chi connectivity index (χ4v) is 5.85. The van der Waals surface area contributed by atoms with Crippen molar-refractivity contribution < 1.29 is 14.2 Å². The smallest absolute Gasteiger partial charge is 0.167 e. The number of methoxy groups -OCH3 is 1. The number of ether oxygens (including phenoxy) is 3. The lowest BCUT2D eigenvalue weighted by molar-refractivity contribution is -0.200. The van der Waals surface area contributed by atoms with E-state index in [1.807, 2.05) is 12.1 Å². The number of aromatic nitrogens is 1. The molecular weight excluding hydrogens is 372 g/mol. The van der Waals surface area contributed by atoms with E-state index in [0.717, 1.165) is 54.7 Å². The van der Waals surface area contributed by atoms with E-state index in [4.69, 9.17) is 14.2 Å². The number of likely N-dealkylation sites (tertiary alicyclic amines) is 1. The Kier molecular flexibility index (Phi) is 4.23. The van der Waals surface area contributed by atoms with Crippen LogP contribution < -0.4 is 9.47 Å². The molecule has 1 spiro atoms. The third kappa shape index (κ3) is 2.93. The fraction of sp³-hybridized carbons (Fsp3) is 0.591. The zero-order valence-corrected chi connectivity index (χ0v) is 17.8. The average molecular weight is 401 g/mol. The first-order valence-electron chi connectivity index (χ1n) is 10.0. The van der Waals surface area contributed by atoms with Gasteiger partial charge in [-0.25, -0.2) is 4.98 Å². The number of thiazole rings is 1. The zero-order valence-electron chi connectivity index (χ0n) is 17.0. The van der Waals surface area contributed by atoms with Gasteiger partial charge in [0, 0.05) is 41.9 Å². The van der Waals surface area contributed by atoms with Crippen LogP contribution >= 0.6 is 11.3 Å². The van der Waals surface area contributed by atoms with Gasteiger partial charge in [-0.15, -0.1) is 11.3 Å². The Balaban J connectivity index is 1.33. The van der Waals surface area contributed by atoms with Crippen LogP contribution in [-0.2, 0) is 11.3 Å². The van der Waals surface area contributed by atoms with Crippen LogP contribution in [0.4, 0.5) is 0 Å². The Morgan fingerprint density at radius 1 is 1.32 bits per heavy atom. The lowest BCUT2D eigenvalue weighted by Crippen LogP contribution is -2.63. The van der Waals surface area contributed by atoms with Crippen LogP contribution in [0.3, 0.4) is 0 Å². The van der Waals surface area contributed by atoms with Gasteiger partial charge < -0.3 is 14.2 Å². The van der Waals surface area contributed by atoms with Crippen LogP contribution in [-0.4, -0.2) is 42.3 Å². The molecule has 0 radical (unpaired) electrons. The fourth-order valence-electron chi connectivity index (χ4n) is 5.24. The van der Waals surface area contributed by atoms with Crippen molar-refractivity contribution in [1.82, 2.24) is 9.88 Å². The highest BCUT2D eigenvalue weighted by atomic mass is 32.1. The molecule has 0 N–H and O–H groups in total. The van der Waals surface area contributed by atoms with Crippen LogP contribution in [0.15, 0.2) is 23.6 Å². The number of hydrogen-bond acceptors (Lipinski definition) is 6. The van der Waals surface area contributed by atoms with E-state index < -0.39 is 0 Å². The molecule has 150 valence electrons. The Bertz CT molecular complexity index is 888. The van der Waals surface area contributed by atoms with Gasteiger partial charge in [0.1, 0.15) is 5.60 Å². The van der Waals surface area contributed by atoms with E-state index in [1.165, 1.54) is 5.69 Å². The number of benzene rings is 1. The molecule has 5 nitrogen and oxygen atoms in total. The first kappa shape index (κ1) is 18.4. The Labute approximate surface area is 170 Å². The molecule has 2 atom stereocenters. The highest BCUT2D eigenvalue weighted by Crippen LogP contribution is 2.56. The van der Waals surface area contributed by atoms with E-state index in [9.17, 15) is 0 Å². The standard InChI is InChI=1S/C22H28N2O3S/c1-14-23-15(10-28-14)9-24-11-22(12-24)8-17-19(26-13-22)16-6-5-7-18(25-4)20(16)27-21(17,2)3/h5-7,10,17,19H,8-9,11-13H2,1-4H3/t17-,19+/m0/s1. The topological polar surface area (TPSA) is 43.8 Å². The van der Waals surface area contributed by atoms with Crippen LogP contribution in [0.1, 0.15) is 42.6 Å². The Hall–Kier alpha value is -1.63. The second kappa shape index (κ2) is 6.44. The molecule has 3 aliphatic rings. The quantitative estimate of drug-likeness (QED) is 0.772. The van der Waals surface area contributed by atoms with Gasteiger partial charge in [0.2, 0.25) is 0 Å². The van der Waals surface area contributed by atoms with Crippen LogP contribution in [0.5, 0.6) is 11.5 Å². The molecule has 0 aliphatic carbocycles. The summed E-state index contributed by atoms with van der Waals surface area (Å²) in [6.07, 6.45) is 1.21. The number of rotatable bonds is 3. The lowest BCUT2D eigenvalue weighted by atomic mass is 9.64. The Morgan fingerprint density at radius 2 is 2.14 bits per heavy atom. The third-order valence-corrected chi connectivity index (χ3v) is 7.37. The molecule has 5 rings (SSSR count). The first-order chi connectivity index (χ1) is 13.4. The van der Waals surface area contributed by atoms with Gasteiger partial charge in [-0.2, -0.15) is 0 Å². The molecule has 4 heterocycles. The van der Waals surface area contributed by atoms with E-state index in [2.05, 4.69) is 42.1 Å². The van der Waals surface area contributed by atoms with Gasteiger partial charge >= 0.3 is 0 Å². The summed E-state index contributed by atoms with van der Waals surface area (Å²) in [6, 6.07) is 6.12. The summed E-state index contributed by atoms with van der Waals surface area (Å²) in [5.41, 5.74) is 2.28. The number of aryl methyl sites for hydroxylation is 1. The second-order valence-electron chi connectivity index (χ2n) is 9.13. The minimum Gasteiger partial charge on any atom is -0.493 e. The van der Waals surface area contributed by atoms with E-state index >= 15 is 0 Å². The van der Waals surface area contributed by atoms with Gasteiger partial charge in [-0.1, -0.05) is 12.1 Å². The van der Waals surface area contributed by atoms with Gasteiger partial charge in [0.25, 0.3) is 0 Å². The summed E-state index contributed by atoms with van der Waals surface area (Å²) in [5, 5.41) is 3.32. The summed E-state index contributed by atoms with van der Waals surface area (Å²) in [4.78, 5) is 7.10. The maximum absolute atomic E-state index is 6.53. The molecular formula is C22H28N2O3S. The van der Waals surface area contributed by atoms with Gasteiger partial charge in [-0.05, 0) is 33.3 Å². The molecule has 1 aromatic carbocycles. The molecule has 6 heteroatoms. The van der Waals surface area contributed by atoms with Gasteiger partial charge in [-0.3, -0.25) is 4.90 Å². The van der Waals surface area contributed by atoms with Gasteiger partial charge in [0.15, 0.2) is 11.5 Å². The molecule has 0 bridgehead atoms. The van der Waals surface area contributed by atoms with E-state index in [-0.39, 0.29) is 17.1 Å². The van der Waals surface area contributed by atoms with Crippen molar-refractivity contribution in [1.29, 1.82) is 0 Å². The van der Waals surface area contributed by atoms with E-state index in [0.29, 0.717) is 5.92 Å². The monoisotopic (exact) mass is 400 g/mol. The van der Waals surface area contributed by atoms with Crippen molar-refractivity contribution >= 4 is 11.3 Å². The van der Waals surface area contributed by atoms with Crippen molar-refractivity contribution in [3.63, 3.8) is 0 Å². The minimum absolute atomic E-state index is 0.0784. The number of nitrogens with zero attached hydrogens (tertiary/aromatic N) is 2. The van der Waals surface area contributed by atoms with Crippen molar-refractivity contribution in [3.8, 4) is 11.5 Å². The summed E-state index contributed by atoms with van der Waals surface area (Å²) in [6.45, 7) is 10.4. The first-order valence-corrected chi connectivity index (χ1v) is 10.9. The van der Waals surface area contributed by atoms with E-state index in [1.54, 1.807) is 18.4 Å². The molecule has 28 heavy (non-hydrogen) atoms. The number of fused-ring (bicyclic) bond motifs is 3. The highest BCUT2D eigenvalue weighted by Gasteiger charge is 2.56. The molecule has 0 unspecified atom stereocenters. The highest BCUT2D eigenvalue weighted by molar-refractivity contribution is 7.09. The minimum atomic E-state index is -0.286. The third-order valence-electron chi connectivity index (χ3n) is 6.55. The zero-order chi connectivity index (χ0) is 19.5. The molecule has 2 fully saturated rings. The molecule has 2 saturated heterocycles. The van der Waals surface area contributed by atoms with Crippen LogP contribution in [0.25, 0.3) is 0 Å². The summed E-state index contributed by atoms with van der Waals surface area (Å²) < 4.78 is 18.5. The van der Waals surface area contributed by atoms with Crippen molar-refractivity contribution in [2.75, 3.05) is 26.8 Å². The largest absolute Gasteiger partial charge is 0.493 e. The second-order valence-corrected chi connectivity index (χ2v) is 10.2. The van der Waals surface area contributed by atoms with Gasteiger partial charge in [0.05, 0.1) is 30.5 Å². The van der Waals surface area contributed by atoms with Crippen LogP contribution in [0.2, 0.25) is 0 Å². The normalized spacial score (nSPS) is 27.4. The number of hydrogen-bond donors (Lipinski definition) is 0. The molecule has 2 aromatic rings. The van der Waals surface area contributed by atoms with Crippen molar-refractivity contribution in [3.05, 3.63) is 39.8 Å². The summed E-state index contributed by atoms with van der Waals surface area (Å²) >= 11 is 1.73. The molecule has 0 amide bonds. The number of para-hydroxylation sites is 1. The molecule has 1 aromatic heterocycles. The predicted octanol–water partition coefficient (Wildman–Crippen LogP) is 4.21. The lowest BCUT2D eigenvalue weighted by Gasteiger charge is -2.58. The van der Waals surface area contributed by atoms with Crippen molar-refractivity contribution in [2.24, 2.45) is 11.3 Å². The predicted molar refractivity (Wildman–Crippen MR) is 109 cm³/mol. The van der Waals surface area contributed by atoms with Crippen molar-refractivity contribution in [2.45, 2.75) is 45.4 Å². The SMILES string of the molecule is COc1cccc2c1OC(C)(C)[C@H]1CC3(CO[C@H]21)CN(Cc1csc(C)n1)C3. The van der Waals surface area contributed by atoms with Crippen LogP contribution in [0, 0.1) is 18.3 Å². The summed E-state index contributed by atoms with van der Waals surface area (Å²) in [7, 11) is 1.70. The Morgan fingerprint density at radius 3 is 2.86 bits per heavy atom. The summed E-state index contributed by atoms with van der Waals surface area (Å²) in [5.74, 6) is 1.98. The maximum atomic E-state index is 6.53. The molecule has 0 saturated carbocycles. The maximum Gasteiger partial charge on any atom is 0.167 e.